The van der Waals surface area contributed by atoms with Crippen LogP contribution < -0.4 is 11.1 Å². The van der Waals surface area contributed by atoms with E-state index in [9.17, 15) is 4.79 Å². The number of nitrogens with two attached hydrogens (primary N) is 1. The maximum Gasteiger partial charge on any atom is 0.232 e. The fraction of sp³-hybridized carbons (Fsp3) is 0.474. The van der Waals surface area contributed by atoms with Crippen LogP contribution in [0.25, 0.3) is 0 Å². The zero-order chi connectivity index (χ0) is 19.4. The van der Waals surface area contributed by atoms with Gasteiger partial charge in [0.15, 0.2) is 5.82 Å². The van der Waals surface area contributed by atoms with Gasteiger partial charge in [-0.15, -0.1) is 0 Å². The van der Waals surface area contributed by atoms with Crippen molar-refractivity contribution in [1.82, 2.24) is 24.8 Å². The zero-order valence-electron chi connectivity index (χ0n) is 16.1. The van der Waals surface area contributed by atoms with Crippen molar-refractivity contribution in [1.29, 1.82) is 0 Å². The van der Waals surface area contributed by atoms with Crippen molar-refractivity contribution in [3.63, 3.8) is 0 Å². The van der Waals surface area contributed by atoms with Crippen molar-refractivity contribution in [2.24, 2.45) is 5.92 Å². The number of benzene rings is 1. The average molecular weight is 369 g/mol. The molecule has 8 nitrogen and oxygen atoms in total. The van der Waals surface area contributed by atoms with E-state index in [1.54, 1.807) is 0 Å². The van der Waals surface area contributed by atoms with Gasteiger partial charge in [-0.25, -0.2) is 0 Å². The fourth-order valence-corrected chi connectivity index (χ4v) is 3.16. The lowest BCUT2D eigenvalue weighted by Crippen LogP contribution is -2.50. The summed E-state index contributed by atoms with van der Waals surface area (Å²) in [5.74, 6) is 1.50. The number of rotatable bonds is 5. The van der Waals surface area contributed by atoms with Crippen LogP contribution in [0.1, 0.15) is 32.6 Å². The van der Waals surface area contributed by atoms with Crippen LogP contribution in [-0.4, -0.2) is 56.8 Å². The van der Waals surface area contributed by atoms with E-state index in [1.165, 1.54) is 0 Å². The fourth-order valence-electron chi connectivity index (χ4n) is 3.16. The second-order valence-corrected chi connectivity index (χ2v) is 7.06. The van der Waals surface area contributed by atoms with Crippen LogP contribution >= 0.6 is 0 Å². The Morgan fingerprint density at radius 1 is 1.04 bits per heavy atom. The molecule has 1 aliphatic rings. The molecule has 0 unspecified atom stereocenters. The molecule has 0 radical (unpaired) electrons. The van der Waals surface area contributed by atoms with E-state index >= 15 is 0 Å². The van der Waals surface area contributed by atoms with E-state index in [1.807, 2.05) is 49.1 Å². The van der Waals surface area contributed by atoms with Crippen molar-refractivity contribution in [3.05, 3.63) is 36.2 Å². The molecule has 3 N–H and O–H groups in total. The number of hydrogen-bond donors (Lipinski definition) is 2. The van der Waals surface area contributed by atoms with Gasteiger partial charge in [-0.05, 0) is 19.1 Å². The molecule has 1 aromatic heterocycles. The maximum absolute atomic E-state index is 12.2. The van der Waals surface area contributed by atoms with Crippen LogP contribution in [0.5, 0.6) is 0 Å². The van der Waals surface area contributed by atoms with Gasteiger partial charge < -0.3 is 16.0 Å². The molecule has 1 atom stereocenters. The summed E-state index contributed by atoms with van der Waals surface area (Å²) in [7, 11) is 0. The number of carbonyl (C=O) groups is 1. The van der Waals surface area contributed by atoms with Crippen molar-refractivity contribution >= 4 is 23.5 Å². The van der Waals surface area contributed by atoms with Crippen molar-refractivity contribution in [2.45, 2.75) is 26.8 Å². The molecule has 1 aromatic carbocycles. The number of para-hydroxylation sites is 1. The molecule has 1 saturated heterocycles. The Labute approximate surface area is 159 Å². The number of nitrogens with zero attached hydrogens (tertiary/aromatic N) is 5. The third-order valence-corrected chi connectivity index (χ3v) is 4.74. The van der Waals surface area contributed by atoms with Crippen molar-refractivity contribution in [2.75, 3.05) is 37.2 Å². The van der Waals surface area contributed by atoms with Gasteiger partial charge in [0.2, 0.25) is 17.8 Å². The third kappa shape index (κ3) is 4.71. The van der Waals surface area contributed by atoms with Crippen molar-refractivity contribution < 1.29 is 4.79 Å². The summed E-state index contributed by atoms with van der Waals surface area (Å²) in [5.41, 5.74) is 6.79. The molecule has 0 spiro atoms. The molecule has 0 bridgehead atoms. The number of hydrogen-bond acceptors (Lipinski definition) is 7. The second kappa shape index (κ2) is 8.30. The summed E-state index contributed by atoms with van der Waals surface area (Å²) in [4.78, 5) is 29.4. The van der Waals surface area contributed by atoms with Gasteiger partial charge in [-0.3, -0.25) is 9.69 Å². The molecule has 3 rings (SSSR count). The zero-order valence-corrected chi connectivity index (χ0v) is 16.1. The Bertz CT molecular complexity index is 773. The van der Waals surface area contributed by atoms with E-state index < -0.39 is 0 Å². The highest BCUT2D eigenvalue weighted by Gasteiger charge is 2.27. The van der Waals surface area contributed by atoms with Gasteiger partial charge in [0.1, 0.15) is 0 Å². The standard InChI is InChI=1S/C19H27N7O/c1-13(2)17(27)26-11-9-25(10-12-26)14(3)16-22-18(20)24-19(23-16)21-15-7-5-4-6-8-15/h4-8,13-14H,9-12H2,1-3H3,(H3,20,21,22,23,24)/t14-/m0/s1. The number of nitrogen functional groups attached to an aromatic ring is 1. The Morgan fingerprint density at radius 3 is 2.33 bits per heavy atom. The van der Waals surface area contributed by atoms with Crippen LogP contribution in [0.15, 0.2) is 30.3 Å². The maximum atomic E-state index is 12.2. The lowest BCUT2D eigenvalue weighted by Gasteiger charge is -2.38. The highest BCUT2D eigenvalue weighted by atomic mass is 16.2. The lowest BCUT2D eigenvalue weighted by molar-refractivity contribution is -0.136. The van der Waals surface area contributed by atoms with Gasteiger partial charge in [-0.1, -0.05) is 32.0 Å². The largest absolute Gasteiger partial charge is 0.368 e. The van der Waals surface area contributed by atoms with Crippen LogP contribution in [0.4, 0.5) is 17.6 Å². The summed E-state index contributed by atoms with van der Waals surface area (Å²) in [5, 5.41) is 3.16. The normalized spacial score (nSPS) is 16.4. The van der Waals surface area contributed by atoms with E-state index in [0.29, 0.717) is 11.8 Å². The predicted octanol–water partition coefficient (Wildman–Crippen LogP) is 2.06. The van der Waals surface area contributed by atoms with E-state index in [0.717, 1.165) is 31.9 Å². The van der Waals surface area contributed by atoms with Gasteiger partial charge >= 0.3 is 0 Å². The Kier molecular flexibility index (Phi) is 5.85. The minimum absolute atomic E-state index is 0.0112. The predicted molar refractivity (Wildman–Crippen MR) is 105 cm³/mol. The first-order valence-electron chi connectivity index (χ1n) is 9.30. The highest BCUT2D eigenvalue weighted by molar-refractivity contribution is 5.78. The first-order valence-corrected chi connectivity index (χ1v) is 9.30. The summed E-state index contributed by atoms with van der Waals surface area (Å²) in [6, 6.07) is 9.69. The summed E-state index contributed by atoms with van der Waals surface area (Å²) in [6.45, 7) is 8.94. The monoisotopic (exact) mass is 369 g/mol. The molecule has 2 aromatic rings. The number of aromatic nitrogens is 3. The molecule has 0 aliphatic carbocycles. The molecule has 144 valence electrons. The quantitative estimate of drug-likeness (QED) is 0.832. The molecule has 1 aliphatic heterocycles. The topological polar surface area (TPSA) is 100 Å². The summed E-state index contributed by atoms with van der Waals surface area (Å²) in [6.07, 6.45) is 0. The number of anilines is 3. The van der Waals surface area contributed by atoms with Crippen molar-refractivity contribution in [3.8, 4) is 0 Å². The lowest BCUT2D eigenvalue weighted by atomic mass is 10.1. The molecule has 1 fully saturated rings. The minimum atomic E-state index is -0.0112. The van der Waals surface area contributed by atoms with Gasteiger partial charge in [0.05, 0.1) is 6.04 Å². The van der Waals surface area contributed by atoms with Crippen LogP contribution in [-0.2, 0) is 4.79 Å². The first kappa shape index (κ1) is 19.0. The van der Waals surface area contributed by atoms with E-state index in [-0.39, 0.29) is 23.8 Å². The first-order chi connectivity index (χ1) is 12.9. The summed E-state index contributed by atoms with van der Waals surface area (Å²) < 4.78 is 0. The van der Waals surface area contributed by atoms with Gasteiger partial charge in [0, 0.05) is 37.8 Å². The van der Waals surface area contributed by atoms with Crippen LogP contribution in [0.3, 0.4) is 0 Å². The number of piperazine rings is 1. The molecule has 1 amide bonds. The van der Waals surface area contributed by atoms with Crippen LogP contribution in [0, 0.1) is 5.92 Å². The molecule has 27 heavy (non-hydrogen) atoms. The molecular formula is C19H27N7O. The molecule has 0 saturated carbocycles. The third-order valence-electron chi connectivity index (χ3n) is 4.74. The van der Waals surface area contributed by atoms with Gasteiger partial charge in [-0.2, -0.15) is 15.0 Å². The number of nitrogens with one attached hydrogen (secondary N) is 1. The average Bonchev–Trinajstić information content (AvgIpc) is 2.67. The molecule has 8 heteroatoms. The molecule has 2 heterocycles. The minimum Gasteiger partial charge on any atom is -0.368 e. The number of carbonyl (C=O) groups excluding carboxylic acids is 1. The second-order valence-electron chi connectivity index (χ2n) is 7.06. The van der Waals surface area contributed by atoms with E-state index in [4.69, 9.17) is 5.73 Å². The highest BCUT2D eigenvalue weighted by Crippen LogP contribution is 2.21. The Morgan fingerprint density at radius 2 is 1.70 bits per heavy atom. The number of amides is 1. The Hall–Kier alpha value is -2.74. The SMILES string of the molecule is CC(C)C(=O)N1CCN([C@@H](C)c2nc(N)nc(Nc3ccccc3)n2)CC1. The summed E-state index contributed by atoms with van der Waals surface area (Å²) >= 11 is 0. The van der Waals surface area contributed by atoms with E-state index in [2.05, 4.69) is 32.1 Å². The smallest absolute Gasteiger partial charge is 0.232 e. The Balaban J connectivity index is 1.68. The molecular weight excluding hydrogens is 342 g/mol. The van der Waals surface area contributed by atoms with Crippen LogP contribution in [0.2, 0.25) is 0 Å². The van der Waals surface area contributed by atoms with Gasteiger partial charge in [0.25, 0.3) is 0 Å².